The Kier molecular flexibility index (Phi) is 6.59. The molecule has 2 rings (SSSR count). The van der Waals surface area contributed by atoms with E-state index in [1.54, 1.807) is 24.3 Å². The lowest BCUT2D eigenvalue weighted by atomic mass is 10.2. The third-order valence-corrected chi connectivity index (χ3v) is 3.46. The molecule has 0 saturated heterocycles. The predicted octanol–water partition coefficient (Wildman–Crippen LogP) is 3.09. The molecule has 0 fully saturated rings. The molecule has 0 bridgehead atoms. The first kappa shape index (κ1) is 18.5. The van der Waals surface area contributed by atoms with Crippen LogP contribution in [0.2, 0.25) is 0 Å². The molecule has 0 radical (unpaired) electrons. The molecule has 7 heteroatoms. The minimum Gasteiger partial charge on any atom is -0.352 e. The fraction of sp³-hybridized carbons (Fsp3) is 0.167. The number of hydrogen-bond donors (Lipinski definition) is 3. The van der Waals surface area contributed by atoms with Crippen LogP contribution in [0, 0.1) is 5.82 Å². The van der Waals surface area contributed by atoms with Crippen LogP contribution in [0.3, 0.4) is 0 Å². The smallest absolute Gasteiger partial charge is 0.257 e. The van der Waals surface area contributed by atoms with Crippen LogP contribution < -0.4 is 16.0 Å². The second kappa shape index (κ2) is 8.89. The number of nitrogens with one attached hydrogen (secondary N) is 3. The predicted molar refractivity (Wildman–Crippen MR) is 99.2 cm³/mol. The summed E-state index contributed by atoms with van der Waals surface area (Å²) in [4.78, 5) is 24.0. The Morgan fingerprint density at radius 1 is 1.04 bits per heavy atom. The van der Waals surface area contributed by atoms with Crippen LogP contribution >= 0.6 is 12.2 Å². The van der Waals surface area contributed by atoms with Gasteiger partial charge in [-0.1, -0.05) is 13.0 Å². The summed E-state index contributed by atoms with van der Waals surface area (Å²) < 4.78 is 12.9. The Labute approximate surface area is 150 Å². The number of hydrogen-bond acceptors (Lipinski definition) is 3. The number of anilines is 1. The normalized spacial score (nSPS) is 10.0. The van der Waals surface area contributed by atoms with Crippen molar-refractivity contribution in [3.8, 4) is 0 Å². The minimum atomic E-state index is -0.450. The molecule has 0 saturated carbocycles. The lowest BCUT2D eigenvalue weighted by Crippen LogP contribution is -2.34. The molecule has 2 aromatic carbocycles. The maximum atomic E-state index is 12.9. The van der Waals surface area contributed by atoms with Crippen molar-refractivity contribution in [2.75, 3.05) is 11.9 Å². The molecule has 0 heterocycles. The van der Waals surface area contributed by atoms with Gasteiger partial charge < -0.3 is 10.6 Å². The summed E-state index contributed by atoms with van der Waals surface area (Å²) in [5, 5.41) is 8.23. The van der Waals surface area contributed by atoms with E-state index >= 15 is 0 Å². The average molecular weight is 359 g/mol. The summed E-state index contributed by atoms with van der Waals surface area (Å²) in [6.07, 6.45) is 0.850. The molecule has 0 aliphatic rings. The quantitative estimate of drug-likeness (QED) is 0.718. The van der Waals surface area contributed by atoms with Gasteiger partial charge in [-0.2, -0.15) is 0 Å². The Morgan fingerprint density at radius 3 is 2.44 bits per heavy atom. The largest absolute Gasteiger partial charge is 0.352 e. The van der Waals surface area contributed by atoms with E-state index in [2.05, 4.69) is 16.0 Å². The highest BCUT2D eigenvalue weighted by molar-refractivity contribution is 7.80. The molecule has 5 nitrogen and oxygen atoms in total. The monoisotopic (exact) mass is 359 g/mol. The minimum absolute atomic E-state index is 0.0837. The molecule has 3 N–H and O–H groups in total. The first-order chi connectivity index (χ1) is 12.0. The number of rotatable bonds is 5. The van der Waals surface area contributed by atoms with Gasteiger partial charge in [-0.15, -0.1) is 0 Å². The van der Waals surface area contributed by atoms with Gasteiger partial charge in [0.2, 0.25) is 0 Å². The highest BCUT2D eigenvalue weighted by Gasteiger charge is 2.09. The van der Waals surface area contributed by atoms with Crippen LogP contribution in [-0.2, 0) is 0 Å². The van der Waals surface area contributed by atoms with Crippen LogP contribution in [-0.4, -0.2) is 23.5 Å². The molecule has 0 atom stereocenters. The zero-order valence-corrected chi connectivity index (χ0v) is 14.5. The van der Waals surface area contributed by atoms with Crippen molar-refractivity contribution >= 4 is 34.8 Å². The van der Waals surface area contributed by atoms with Crippen LogP contribution in [0.15, 0.2) is 48.5 Å². The maximum absolute atomic E-state index is 12.9. The van der Waals surface area contributed by atoms with Crippen molar-refractivity contribution < 1.29 is 14.0 Å². The number of thiocarbonyl (C=S) groups is 1. The Hall–Kier alpha value is -2.80. The van der Waals surface area contributed by atoms with E-state index in [0.29, 0.717) is 23.4 Å². The summed E-state index contributed by atoms with van der Waals surface area (Å²) in [5.74, 6) is -1.04. The summed E-state index contributed by atoms with van der Waals surface area (Å²) in [7, 11) is 0. The third-order valence-electron chi connectivity index (χ3n) is 3.25. The molecule has 0 aliphatic carbocycles. The van der Waals surface area contributed by atoms with Crippen molar-refractivity contribution in [2.45, 2.75) is 13.3 Å². The molecule has 25 heavy (non-hydrogen) atoms. The summed E-state index contributed by atoms with van der Waals surface area (Å²) in [5.41, 5.74) is 1.36. The highest BCUT2D eigenvalue weighted by Crippen LogP contribution is 2.11. The lowest BCUT2D eigenvalue weighted by Gasteiger charge is -2.11. The average Bonchev–Trinajstić information content (AvgIpc) is 2.60. The first-order valence-corrected chi connectivity index (χ1v) is 8.16. The van der Waals surface area contributed by atoms with E-state index in [1.807, 2.05) is 6.92 Å². The first-order valence-electron chi connectivity index (χ1n) is 7.75. The molecule has 0 unspecified atom stereocenters. The standard InChI is InChI=1S/C18H18FN3O2S/c1-2-10-20-16(23)13-4-3-5-15(11-13)21-18(25)22-17(24)12-6-8-14(19)9-7-12/h3-9,11H,2,10H2,1H3,(H,20,23)(H2,21,22,24,25). The number of carbonyl (C=O) groups is 2. The van der Waals surface area contributed by atoms with Gasteiger partial charge in [0.05, 0.1) is 0 Å². The number of amides is 2. The van der Waals surface area contributed by atoms with Crippen molar-refractivity contribution in [3.63, 3.8) is 0 Å². The van der Waals surface area contributed by atoms with E-state index < -0.39 is 11.7 Å². The van der Waals surface area contributed by atoms with Gasteiger partial charge >= 0.3 is 0 Å². The zero-order chi connectivity index (χ0) is 18.2. The van der Waals surface area contributed by atoms with Gasteiger partial charge in [0.1, 0.15) is 5.82 Å². The van der Waals surface area contributed by atoms with Crippen LogP contribution in [0.5, 0.6) is 0 Å². The third kappa shape index (κ3) is 5.65. The second-order valence-electron chi connectivity index (χ2n) is 5.25. The summed E-state index contributed by atoms with van der Waals surface area (Å²) in [6.45, 7) is 2.57. The molecule has 0 aromatic heterocycles. The highest BCUT2D eigenvalue weighted by atomic mass is 32.1. The van der Waals surface area contributed by atoms with Gasteiger partial charge in [-0.3, -0.25) is 14.9 Å². The second-order valence-corrected chi connectivity index (χ2v) is 5.66. The van der Waals surface area contributed by atoms with E-state index in [4.69, 9.17) is 12.2 Å². The molecular formula is C18H18FN3O2S. The van der Waals surface area contributed by atoms with Crippen molar-refractivity contribution in [2.24, 2.45) is 0 Å². The van der Waals surface area contributed by atoms with Gasteiger partial charge in [0, 0.05) is 23.4 Å². The molecule has 0 spiro atoms. The van der Waals surface area contributed by atoms with E-state index in [-0.39, 0.29) is 11.0 Å². The number of carbonyl (C=O) groups excluding carboxylic acids is 2. The van der Waals surface area contributed by atoms with Gasteiger partial charge in [0.25, 0.3) is 11.8 Å². The van der Waals surface area contributed by atoms with E-state index in [0.717, 1.165) is 6.42 Å². The zero-order valence-electron chi connectivity index (χ0n) is 13.6. The molecule has 2 amide bonds. The van der Waals surface area contributed by atoms with Crippen molar-refractivity contribution in [3.05, 3.63) is 65.5 Å². The van der Waals surface area contributed by atoms with Crippen molar-refractivity contribution in [1.82, 2.24) is 10.6 Å². The van der Waals surface area contributed by atoms with Crippen molar-refractivity contribution in [1.29, 1.82) is 0 Å². The van der Waals surface area contributed by atoms with Crippen LogP contribution in [0.1, 0.15) is 34.1 Å². The maximum Gasteiger partial charge on any atom is 0.257 e. The van der Waals surface area contributed by atoms with Crippen LogP contribution in [0.25, 0.3) is 0 Å². The number of halogens is 1. The topological polar surface area (TPSA) is 70.2 Å². The van der Waals surface area contributed by atoms with E-state index in [1.165, 1.54) is 24.3 Å². The summed E-state index contributed by atoms with van der Waals surface area (Å²) >= 11 is 5.10. The fourth-order valence-corrected chi connectivity index (χ4v) is 2.23. The van der Waals surface area contributed by atoms with E-state index in [9.17, 15) is 14.0 Å². The Bertz CT molecular complexity index is 778. The van der Waals surface area contributed by atoms with Gasteiger partial charge in [-0.25, -0.2) is 4.39 Å². The number of benzene rings is 2. The molecule has 0 aliphatic heterocycles. The van der Waals surface area contributed by atoms with Gasteiger partial charge in [-0.05, 0) is 61.1 Å². The molecule has 130 valence electrons. The Balaban J connectivity index is 1.97. The summed E-state index contributed by atoms with van der Waals surface area (Å²) in [6, 6.07) is 11.9. The molecular weight excluding hydrogens is 341 g/mol. The lowest BCUT2D eigenvalue weighted by molar-refractivity contribution is 0.0951. The van der Waals surface area contributed by atoms with Gasteiger partial charge in [0.15, 0.2) is 5.11 Å². The molecule has 2 aromatic rings. The fourth-order valence-electron chi connectivity index (χ4n) is 2.02. The Morgan fingerprint density at radius 2 is 1.76 bits per heavy atom. The SMILES string of the molecule is CCCNC(=O)c1cccc(NC(=S)NC(=O)c2ccc(F)cc2)c1. The van der Waals surface area contributed by atoms with Crippen LogP contribution in [0.4, 0.5) is 10.1 Å².